The number of nitrogens with zero attached hydrogens (tertiary/aromatic N) is 3. The van der Waals surface area contributed by atoms with Crippen molar-refractivity contribution < 1.29 is 18.7 Å². The van der Waals surface area contributed by atoms with E-state index in [1.54, 1.807) is 0 Å². The summed E-state index contributed by atoms with van der Waals surface area (Å²) in [5.41, 5.74) is 8.92. The highest BCUT2D eigenvalue weighted by Crippen LogP contribution is 2.38. The van der Waals surface area contributed by atoms with Crippen LogP contribution >= 0.6 is 0 Å². The molecule has 3 rings (SSSR count). The summed E-state index contributed by atoms with van der Waals surface area (Å²) in [4.78, 5) is 14.7. The second-order valence-corrected chi connectivity index (χ2v) is 12.6. The zero-order valence-electron chi connectivity index (χ0n) is 17.7. The fourth-order valence-electron chi connectivity index (χ4n) is 4.07. The predicted octanol–water partition coefficient (Wildman–Crippen LogP) is 3.18. The Kier molecular flexibility index (Phi) is 6.63. The van der Waals surface area contributed by atoms with Crippen molar-refractivity contribution in [1.82, 2.24) is 0 Å². The molecule has 158 valence electrons. The van der Waals surface area contributed by atoms with Crippen molar-refractivity contribution in [3.63, 3.8) is 0 Å². The molecule has 0 aliphatic carbocycles. The molecule has 1 fully saturated rings. The van der Waals surface area contributed by atoms with Gasteiger partial charge in [-0.2, -0.15) is 0 Å². The summed E-state index contributed by atoms with van der Waals surface area (Å²) in [6.45, 7) is 6.76. The Hall–Kier alpha value is -2.64. The number of carbonyl (C=O) groups is 1. The Morgan fingerprint density at radius 3 is 2.07 bits per heavy atom. The molecule has 0 spiro atoms. The first-order chi connectivity index (χ1) is 14.3. The fraction of sp³-hybridized carbons (Fsp3) is 0.409. The van der Waals surface area contributed by atoms with Gasteiger partial charge in [-0.25, -0.2) is 4.79 Å². The molecule has 0 saturated carbocycles. The van der Waals surface area contributed by atoms with Crippen molar-refractivity contribution in [2.45, 2.75) is 44.1 Å². The third-order valence-electron chi connectivity index (χ3n) is 5.51. The lowest BCUT2D eigenvalue weighted by Crippen LogP contribution is -2.68. The van der Waals surface area contributed by atoms with Gasteiger partial charge < -0.3 is 13.9 Å². The topological polar surface area (TPSA) is 93.5 Å². The smallest absolute Gasteiger partial charge is 0.335 e. The molecule has 7 nitrogen and oxygen atoms in total. The Morgan fingerprint density at radius 2 is 1.63 bits per heavy atom. The highest BCUT2D eigenvalue weighted by atomic mass is 28.4. The number of azide groups is 1. The van der Waals surface area contributed by atoms with Gasteiger partial charge >= 0.3 is 5.97 Å². The van der Waals surface area contributed by atoms with E-state index in [9.17, 15) is 4.79 Å². The van der Waals surface area contributed by atoms with Crippen molar-refractivity contribution in [1.29, 1.82) is 0 Å². The van der Waals surface area contributed by atoms with Crippen LogP contribution in [0.15, 0.2) is 65.8 Å². The van der Waals surface area contributed by atoms with E-state index in [1.165, 1.54) is 7.11 Å². The minimum atomic E-state index is -2.74. The molecule has 30 heavy (non-hydrogen) atoms. The molecule has 3 atom stereocenters. The molecule has 8 heteroatoms. The summed E-state index contributed by atoms with van der Waals surface area (Å²) >= 11 is 0. The van der Waals surface area contributed by atoms with Crippen LogP contribution in [-0.4, -0.2) is 46.3 Å². The number of esters is 1. The molecule has 1 aliphatic heterocycles. The van der Waals surface area contributed by atoms with Crippen LogP contribution < -0.4 is 10.4 Å². The number of rotatable bonds is 7. The summed E-state index contributed by atoms with van der Waals surface area (Å²) in [7, 11) is -1.45. The van der Waals surface area contributed by atoms with Gasteiger partial charge in [0.05, 0.1) is 19.8 Å². The van der Waals surface area contributed by atoms with Gasteiger partial charge in [0.15, 0.2) is 6.10 Å². The summed E-state index contributed by atoms with van der Waals surface area (Å²) in [5, 5.41) is 5.87. The molecule has 0 aromatic heterocycles. The first kappa shape index (κ1) is 22.1. The molecule has 2 aromatic carbocycles. The van der Waals surface area contributed by atoms with Crippen LogP contribution in [0, 0.1) is 0 Å². The van der Waals surface area contributed by atoms with Gasteiger partial charge in [0.25, 0.3) is 8.32 Å². The summed E-state index contributed by atoms with van der Waals surface area (Å²) < 4.78 is 17.2. The lowest BCUT2D eigenvalue weighted by atomic mass is 9.99. The molecule has 0 N–H and O–H groups in total. The average Bonchev–Trinajstić information content (AvgIpc) is 2.74. The minimum absolute atomic E-state index is 0.185. The van der Waals surface area contributed by atoms with E-state index >= 15 is 0 Å². The van der Waals surface area contributed by atoms with E-state index in [0.29, 0.717) is 0 Å². The molecule has 0 radical (unpaired) electrons. The third kappa shape index (κ3) is 4.00. The molecule has 1 heterocycles. The highest BCUT2D eigenvalue weighted by Gasteiger charge is 2.53. The minimum Gasteiger partial charge on any atom is -0.467 e. The normalized spacial score (nSPS) is 21.3. The number of ether oxygens (including phenoxy) is 2. The largest absolute Gasteiger partial charge is 0.467 e. The quantitative estimate of drug-likeness (QED) is 0.224. The molecule has 1 aliphatic rings. The standard InChI is InChI=1S/C22H27N3O4Si/c1-22(2,3)30(16-11-7-5-8-12-16,17-13-9-6-10-14-17)28-15-18-19(24-25-23)20(29-18)21(26)27-4/h5-14,18-20H,15H2,1-4H3/t18-,19+,20+/m1/s1. The number of carbonyl (C=O) groups excluding carboxylic acids is 1. The molecule has 1 saturated heterocycles. The summed E-state index contributed by atoms with van der Waals surface area (Å²) in [6.07, 6.45) is -1.40. The molecular formula is C22H27N3O4Si. The van der Waals surface area contributed by atoms with Crippen LogP contribution in [0.2, 0.25) is 5.04 Å². The lowest BCUT2D eigenvalue weighted by molar-refractivity contribution is -0.194. The SMILES string of the molecule is COC(=O)[C@H]1O[C@H](CO[Si](c2ccccc2)(c2ccccc2)C(C)(C)C)[C@@H]1N=[N+]=[N-]. The van der Waals surface area contributed by atoms with Gasteiger partial charge in [-0.1, -0.05) is 86.5 Å². The maximum atomic E-state index is 11.9. The van der Waals surface area contributed by atoms with Gasteiger partial charge in [0, 0.05) is 4.91 Å². The maximum Gasteiger partial charge on any atom is 0.335 e. The zero-order valence-corrected chi connectivity index (χ0v) is 18.7. The van der Waals surface area contributed by atoms with E-state index < -0.39 is 32.5 Å². The van der Waals surface area contributed by atoms with Crippen LogP contribution in [0.4, 0.5) is 0 Å². The number of hydrogen-bond acceptors (Lipinski definition) is 5. The van der Waals surface area contributed by atoms with Crippen LogP contribution in [0.1, 0.15) is 20.8 Å². The number of hydrogen-bond donors (Lipinski definition) is 0. The van der Waals surface area contributed by atoms with E-state index in [-0.39, 0.29) is 11.6 Å². The zero-order chi connectivity index (χ0) is 21.8. The van der Waals surface area contributed by atoms with Crippen molar-refractivity contribution >= 4 is 24.7 Å². The lowest BCUT2D eigenvalue weighted by Gasteiger charge is -2.46. The van der Waals surface area contributed by atoms with Crippen molar-refractivity contribution in [3.8, 4) is 0 Å². The van der Waals surface area contributed by atoms with E-state index in [0.717, 1.165) is 10.4 Å². The first-order valence-electron chi connectivity index (χ1n) is 9.87. The van der Waals surface area contributed by atoms with E-state index in [2.05, 4.69) is 55.1 Å². The second-order valence-electron chi connectivity index (χ2n) is 8.29. The van der Waals surface area contributed by atoms with E-state index in [4.69, 9.17) is 19.4 Å². The van der Waals surface area contributed by atoms with Gasteiger partial charge in [-0.3, -0.25) is 0 Å². The van der Waals surface area contributed by atoms with Crippen LogP contribution in [0.5, 0.6) is 0 Å². The highest BCUT2D eigenvalue weighted by molar-refractivity contribution is 6.99. The second kappa shape index (κ2) is 9.02. The van der Waals surface area contributed by atoms with E-state index in [1.807, 2.05) is 36.4 Å². The Morgan fingerprint density at radius 1 is 1.10 bits per heavy atom. The van der Waals surface area contributed by atoms with Gasteiger partial charge in [-0.05, 0) is 20.9 Å². The molecule has 0 amide bonds. The van der Waals surface area contributed by atoms with Crippen LogP contribution in [0.3, 0.4) is 0 Å². The van der Waals surface area contributed by atoms with Crippen molar-refractivity contribution in [3.05, 3.63) is 71.1 Å². The Balaban J connectivity index is 1.96. The first-order valence-corrected chi connectivity index (χ1v) is 11.8. The van der Waals surface area contributed by atoms with Crippen LogP contribution in [-0.2, 0) is 18.7 Å². The van der Waals surface area contributed by atoms with Gasteiger partial charge in [0.2, 0.25) is 0 Å². The molecule has 2 aromatic rings. The monoisotopic (exact) mass is 425 g/mol. The predicted molar refractivity (Wildman–Crippen MR) is 117 cm³/mol. The Labute approximate surface area is 177 Å². The fourth-order valence-corrected chi connectivity index (χ4v) is 8.64. The van der Waals surface area contributed by atoms with Crippen molar-refractivity contribution in [2.24, 2.45) is 5.11 Å². The number of benzene rings is 2. The van der Waals surface area contributed by atoms with Gasteiger partial charge in [-0.15, -0.1) is 0 Å². The summed E-state index contributed by atoms with van der Waals surface area (Å²) in [6, 6.07) is 19.8. The summed E-state index contributed by atoms with van der Waals surface area (Å²) in [5.74, 6) is -0.547. The number of methoxy groups -OCH3 is 1. The molecular weight excluding hydrogens is 398 g/mol. The molecule has 0 unspecified atom stereocenters. The third-order valence-corrected chi connectivity index (χ3v) is 10.5. The van der Waals surface area contributed by atoms with Crippen molar-refractivity contribution in [2.75, 3.05) is 13.7 Å². The van der Waals surface area contributed by atoms with Crippen LogP contribution in [0.25, 0.3) is 10.4 Å². The van der Waals surface area contributed by atoms with Gasteiger partial charge in [0.1, 0.15) is 6.04 Å². The maximum absolute atomic E-state index is 11.9. The Bertz CT molecular complexity index is 871. The molecule has 0 bridgehead atoms. The average molecular weight is 426 g/mol.